The van der Waals surface area contributed by atoms with Crippen molar-refractivity contribution in [2.75, 3.05) is 26.8 Å². The van der Waals surface area contributed by atoms with Crippen molar-refractivity contribution in [3.05, 3.63) is 29.8 Å². The van der Waals surface area contributed by atoms with Gasteiger partial charge in [-0.3, -0.25) is 9.69 Å². The van der Waals surface area contributed by atoms with E-state index in [0.29, 0.717) is 25.7 Å². The Kier molecular flexibility index (Phi) is 7.79. The number of hydrogen-bond acceptors (Lipinski definition) is 5. The highest BCUT2D eigenvalue weighted by Crippen LogP contribution is 2.13. The Morgan fingerprint density at radius 2 is 2.14 bits per heavy atom. The standard InChI is InChI=1S/C16H26N2O3/c1-13(2)18(12-16(19)20-3)8-5-9-21-15-7-4-6-14(10-15)11-17/h4,6-7,10,13H,5,8-9,11-12,17H2,1-3H3. The van der Waals surface area contributed by atoms with Crippen LogP contribution >= 0.6 is 0 Å². The molecule has 0 heterocycles. The van der Waals surface area contributed by atoms with Crippen LogP contribution in [-0.2, 0) is 16.1 Å². The van der Waals surface area contributed by atoms with Gasteiger partial charge < -0.3 is 15.2 Å². The number of hydrogen-bond donors (Lipinski definition) is 1. The first-order chi connectivity index (χ1) is 10.1. The van der Waals surface area contributed by atoms with Crippen molar-refractivity contribution in [3.63, 3.8) is 0 Å². The first-order valence-electron chi connectivity index (χ1n) is 7.29. The molecular formula is C16H26N2O3. The maximum Gasteiger partial charge on any atom is 0.319 e. The van der Waals surface area contributed by atoms with Crippen molar-refractivity contribution < 1.29 is 14.3 Å². The number of ether oxygens (including phenoxy) is 2. The van der Waals surface area contributed by atoms with Crippen LogP contribution in [0.4, 0.5) is 0 Å². The van der Waals surface area contributed by atoms with Gasteiger partial charge in [0, 0.05) is 19.1 Å². The highest BCUT2D eigenvalue weighted by molar-refractivity contribution is 5.71. The van der Waals surface area contributed by atoms with Crippen molar-refractivity contribution in [1.29, 1.82) is 0 Å². The average Bonchev–Trinajstić information content (AvgIpc) is 2.49. The zero-order chi connectivity index (χ0) is 15.7. The van der Waals surface area contributed by atoms with Crippen molar-refractivity contribution in [3.8, 4) is 5.75 Å². The number of esters is 1. The second-order valence-electron chi connectivity index (χ2n) is 5.19. The van der Waals surface area contributed by atoms with E-state index in [1.165, 1.54) is 7.11 Å². The minimum atomic E-state index is -0.208. The quantitative estimate of drug-likeness (QED) is 0.556. The van der Waals surface area contributed by atoms with Gasteiger partial charge in [0.15, 0.2) is 0 Å². The minimum absolute atomic E-state index is 0.208. The summed E-state index contributed by atoms with van der Waals surface area (Å²) in [6.45, 7) is 6.36. The van der Waals surface area contributed by atoms with Crippen LogP contribution in [0.1, 0.15) is 25.8 Å². The van der Waals surface area contributed by atoms with Gasteiger partial charge >= 0.3 is 5.97 Å². The van der Waals surface area contributed by atoms with Gasteiger partial charge in [-0.25, -0.2) is 0 Å². The van der Waals surface area contributed by atoms with Gasteiger partial charge in [0.2, 0.25) is 0 Å². The molecule has 5 heteroatoms. The van der Waals surface area contributed by atoms with Crippen LogP contribution in [0.5, 0.6) is 5.75 Å². The molecule has 5 nitrogen and oxygen atoms in total. The van der Waals surface area contributed by atoms with E-state index >= 15 is 0 Å². The first-order valence-corrected chi connectivity index (χ1v) is 7.29. The summed E-state index contributed by atoms with van der Waals surface area (Å²) in [7, 11) is 1.41. The SMILES string of the molecule is COC(=O)CN(CCCOc1cccc(CN)c1)C(C)C. The van der Waals surface area contributed by atoms with Crippen LogP contribution in [0.15, 0.2) is 24.3 Å². The Labute approximate surface area is 127 Å². The summed E-state index contributed by atoms with van der Waals surface area (Å²) in [6, 6.07) is 8.09. The van der Waals surface area contributed by atoms with Crippen molar-refractivity contribution in [2.45, 2.75) is 32.9 Å². The second kappa shape index (κ2) is 9.37. The largest absolute Gasteiger partial charge is 0.494 e. The fraction of sp³-hybridized carbons (Fsp3) is 0.562. The molecule has 0 unspecified atom stereocenters. The third-order valence-corrected chi connectivity index (χ3v) is 3.28. The second-order valence-corrected chi connectivity index (χ2v) is 5.19. The Bertz CT molecular complexity index is 435. The third kappa shape index (κ3) is 6.60. The summed E-state index contributed by atoms with van der Waals surface area (Å²) in [6.07, 6.45) is 0.849. The van der Waals surface area contributed by atoms with Crippen LogP contribution in [0.25, 0.3) is 0 Å². The lowest BCUT2D eigenvalue weighted by molar-refractivity contribution is -0.142. The predicted octanol–water partition coefficient (Wildman–Crippen LogP) is 1.80. The summed E-state index contributed by atoms with van der Waals surface area (Å²) < 4.78 is 10.4. The molecule has 0 aliphatic rings. The molecule has 1 aromatic carbocycles. The zero-order valence-electron chi connectivity index (χ0n) is 13.2. The van der Waals surface area contributed by atoms with E-state index in [1.807, 2.05) is 24.3 Å². The third-order valence-electron chi connectivity index (χ3n) is 3.28. The molecule has 0 amide bonds. The summed E-state index contributed by atoms with van der Waals surface area (Å²) >= 11 is 0. The fourth-order valence-corrected chi connectivity index (χ4v) is 1.97. The van der Waals surface area contributed by atoms with Gasteiger partial charge in [0.25, 0.3) is 0 Å². The summed E-state index contributed by atoms with van der Waals surface area (Å²) in [5, 5.41) is 0. The van der Waals surface area contributed by atoms with Gasteiger partial charge in [-0.2, -0.15) is 0 Å². The van der Waals surface area contributed by atoms with E-state index in [9.17, 15) is 4.79 Å². The fourth-order valence-electron chi connectivity index (χ4n) is 1.97. The predicted molar refractivity (Wildman–Crippen MR) is 83.2 cm³/mol. The lowest BCUT2D eigenvalue weighted by atomic mass is 10.2. The molecule has 0 aliphatic heterocycles. The Morgan fingerprint density at radius 3 is 2.76 bits per heavy atom. The van der Waals surface area contributed by atoms with Crippen LogP contribution < -0.4 is 10.5 Å². The van der Waals surface area contributed by atoms with Crippen molar-refractivity contribution in [1.82, 2.24) is 4.90 Å². The molecule has 0 spiro atoms. The lowest BCUT2D eigenvalue weighted by Crippen LogP contribution is -2.37. The highest BCUT2D eigenvalue weighted by Gasteiger charge is 2.13. The van der Waals surface area contributed by atoms with Gasteiger partial charge in [0.05, 0.1) is 20.3 Å². The molecule has 21 heavy (non-hydrogen) atoms. The molecule has 2 N–H and O–H groups in total. The minimum Gasteiger partial charge on any atom is -0.494 e. The monoisotopic (exact) mass is 294 g/mol. The number of carbonyl (C=O) groups excluding carboxylic acids is 1. The van der Waals surface area contributed by atoms with E-state index in [0.717, 1.165) is 24.3 Å². The summed E-state index contributed by atoms with van der Waals surface area (Å²) in [4.78, 5) is 13.4. The van der Waals surface area contributed by atoms with Gasteiger partial charge in [-0.1, -0.05) is 12.1 Å². The average molecular weight is 294 g/mol. The number of carbonyl (C=O) groups is 1. The van der Waals surface area contributed by atoms with Crippen LogP contribution in [0.2, 0.25) is 0 Å². The number of nitrogens with two attached hydrogens (primary N) is 1. The molecule has 1 rings (SSSR count). The molecule has 1 aromatic rings. The Morgan fingerprint density at radius 1 is 1.38 bits per heavy atom. The van der Waals surface area contributed by atoms with Crippen LogP contribution in [-0.4, -0.2) is 43.7 Å². The smallest absolute Gasteiger partial charge is 0.319 e. The molecule has 0 atom stereocenters. The molecule has 0 fully saturated rings. The molecular weight excluding hydrogens is 268 g/mol. The number of benzene rings is 1. The van der Waals surface area contributed by atoms with E-state index in [1.54, 1.807) is 0 Å². The number of methoxy groups -OCH3 is 1. The van der Waals surface area contributed by atoms with E-state index in [4.69, 9.17) is 15.2 Å². The van der Waals surface area contributed by atoms with Crippen molar-refractivity contribution in [2.24, 2.45) is 5.73 Å². The van der Waals surface area contributed by atoms with E-state index < -0.39 is 0 Å². The maximum absolute atomic E-state index is 11.3. The molecule has 0 saturated heterocycles. The van der Waals surface area contributed by atoms with Gasteiger partial charge in [-0.15, -0.1) is 0 Å². The topological polar surface area (TPSA) is 64.8 Å². The maximum atomic E-state index is 11.3. The molecule has 0 aromatic heterocycles. The molecule has 0 radical (unpaired) electrons. The first kappa shape index (κ1) is 17.5. The van der Waals surface area contributed by atoms with Crippen LogP contribution in [0, 0.1) is 0 Å². The lowest BCUT2D eigenvalue weighted by Gasteiger charge is -2.25. The highest BCUT2D eigenvalue weighted by atomic mass is 16.5. The van der Waals surface area contributed by atoms with E-state index in [2.05, 4.69) is 18.7 Å². The molecule has 0 saturated carbocycles. The summed E-state index contributed by atoms with van der Waals surface area (Å²) in [5.41, 5.74) is 6.66. The Balaban J connectivity index is 2.35. The van der Waals surface area contributed by atoms with Crippen LogP contribution in [0.3, 0.4) is 0 Å². The molecule has 118 valence electrons. The summed E-state index contributed by atoms with van der Waals surface area (Å²) in [5.74, 6) is 0.627. The molecule has 0 bridgehead atoms. The Hall–Kier alpha value is -1.59. The van der Waals surface area contributed by atoms with Gasteiger partial charge in [0.1, 0.15) is 5.75 Å². The zero-order valence-corrected chi connectivity index (χ0v) is 13.2. The van der Waals surface area contributed by atoms with Crippen molar-refractivity contribution >= 4 is 5.97 Å². The number of rotatable bonds is 9. The van der Waals surface area contributed by atoms with E-state index in [-0.39, 0.29) is 5.97 Å². The molecule has 0 aliphatic carbocycles. The van der Waals surface area contributed by atoms with Gasteiger partial charge in [-0.05, 0) is 38.0 Å². The normalized spacial score (nSPS) is 11.0. The number of nitrogens with zero attached hydrogens (tertiary/aromatic N) is 1.